The molecule has 170 valence electrons. The van der Waals surface area contributed by atoms with E-state index in [0.717, 1.165) is 56.5 Å². The molecule has 8 heteroatoms. The van der Waals surface area contributed by atoms with Crippen LogP contribution in [-0.2, 0) is 13.0 Å². The minimum absolute atomic E-state index is 0. The number of rotatable bonds is 10. The zero-order valence-electron chi connectivity index (χ0n) is 18.8. The smallest absolute Gasteiger partial charge is 0.191 e. The van der Waals surface area contributed by atoms with Crippen LogP contribution < -0.4 is 10.6 Å². The fourth-order valence-electron chi connectivity index (χ4n) is 3.78. The Balaban J connectivity index is 0.00000341. The van der Waals surface area contributed by atoms with E-state index < -0.39 is 0 Å². The number of halogens is 1. The lowest BCUT2D eigenvalue weighted by Crippen LogP contribution is -2.40. The highest BCUT2D eigenvalue weighted by Crippen LogP contribution is 2.25. The van der Waals surface area contributed by atoms with Crippen molar-refractivity contribution in [3.8, 4) is 0 Å². The third kappa shape index (κ3) is 7.92. The first-order chi connectivity index (χ1) is 14.7. The number of likely N-dealkylation sites (tertiary alicyclic amines) is 1. The quantitative estimate of drug-likeness (QED) is 0.211. The van der Waals surface area contributed by atoms with E-state index in [0.29, 0.717) is 12.6 Å². The third-order valence-electron chi connectivity index (χ3n) is 5.40. The molecule has 1 saturated heterocycles. The van der Waals surface area contributed by atoms with E-state index in [1.54, 1.807) is 6.33 Å². The minimum Gasteiger partial charge on any atom is -0.355 e. The summed E-state index contributed by atoms with van der Waals surface area (Å²) in [6.07, 6.45) is 5.20. The molecule has 0 spiro atoms. The Kier molecular flexibility index (Phi) is 11.0. The molecule has 1 fully saturated rings. The maximum Gasteiger partial charge on any atom is 0.191 e. The Bertz CT molecular complexity index is 812. The number of guanidine groups is 1. The molecular formula is C23H36IN7. The number of hydrogen-bond donors (Lipinski definition) is 2. The molecule has 1 unspecified atom stereocenters. The second-order valence-corrected chi connectivity index (χ2v) is 7.89. The van der Waals surface area contributed by atoms with Crippen molar-refractivity contribution in [3.63, 3.8) is 0 Å². The lowest BCUT2D eigenvalue weighted by Gasteiger charge is -2.27. The number of aliphatic imine (C=N–C) groups is 1. The number of nitrogens with zero attached hydrogens (tertiary/aromatic N) is 5. The summed E-state index contributed by atoms with van der Waals surface area (Å²) in [5, 5.41) is 15.0. The van der Waals surface area contributed by atoms with Gasteiger partial charge in [-0.15, -0.1) is 34.2 Å². The van der Waals surface area contributed by atoms with Crippen LogP contribution >= 0.6 is 24.0 Å². The van der Waals surface area contributed by atoms with Crippen LogP contribution in [0.15, 0.2) is 53.8 Å². The first kappa shape index (κ1) is 25.3. The van der Waals surface area contributed by atoms with Crippen LogP contribution in [0.4, 0.5) is 0 Å². The fraction of sp³-hybridized carbons (Fsp3) is 0.522. The highest BCUT2D eigenvalue weighted by Gasteiger charge is 2.23. The molecule has 0 radical (unpaired) electrons. The van der Waals surface area contributed by atoms with Crippen LogP contribution in [0, 0.1) is 0 Å². The molecule has 1 aromatic heterocycles. The molecule has 0 amide bonds. The Morgan fingerprint density at radius 3 is 2.61 bits per heavy atom. The predicted molar refractivity (Wildman–Crippen MR) is 138 cm³/mol. The number of aromatic nitrogens is 3. The van der Waals surface area contributed by atoms with Crippen LogP contribution in [-0.4, -0.2) is 58.3 Å². The average Bonchev–Trinajstić information content (AvgIpc) is 3.44. The van der Waals surface area contributed by atoms with Crippen molar-refractivity contribution in [1.82, 2.24) is 30.3 Å². The van der Waals surface area contributed by atoms with Gasteiger partial charge in [0.05, 0.1) is 12.6 Å². The van der Waals surface area contributed by atoms with E-state index in [-0.39, 0.29) is 24.0 Å². The molecule has 2 N–H and O–H groups in total. The van der Waals surface area contributed by atoms with E-state index in [1.165, 1.54) is 18.4 Å². The summed E-state index contributed by atoms with van der Waals surface area (Å²) in [6.45, 7) is 13.4. The first-order valence-corrected chi connectivity index (χ1v) is 11.0. The molecule has 1 aliphatic heterocycles. The standard InChI is InChI=1S/C23H35N7.HI/c1-4-22-28-27-18-30(22)15-12-24-23(25-16-19(2)3)26-17-21(29-13-8-9-14-29)20-10-6-5-7-11-20;/h5-7,10-11,18,21H,2,4,8-9,12-17H2,1,3H3,(H2,24,25,26);1H. The van der Waals surface area contributed by atoms with Gasteiger partial charge in [-0.05, 0) is 38.4 Å². The van der Waals surface area contributed by atoms with Crippen LogP contribution in [0.3, 0.4) is 0 Å². The monoisotopic (exact) mass is 537 g/mol. The molecular weight excluding hydrogens is 501 g/mol. The van der Waals surface area contributed by atoms with Gasteiger partial charge < -0.3 is 15.2 Å². The van der Waals surface area contributed by atoms with Gasteiger partial charge in [0, 0.05) is 26.1 Å². The summed E-state index contributed by atoms with van der Waals surface area (Å²) in [5.41, 5.74) is 2.41. The molecule has 0 bridgehead atoms. The first-order valence-electron chi connectivity index (χ1n) is 11.0. The van der Waals surface area contributed by atoms with Crippen molar-refractivity contribution in [2.24, 2.45) is 4.99 Å². The second-order valence-electron chi connectivity index (χ2n) is 7.89. The van der Waals surface area contributed by atoms with Gasteiger partial charge in [-0.3, -0.25) is 9.89 Å². The van der Waals surface area contributed by atoms with Gasteiger partial charge in [-0.25, -0.2) is 0 Å². The van der Waals surface area contributed by atoms with Crippen molar-refractivity contribution in [1.29, 1.82) is 0 Å². The van der Waals surface area contributed by atoms with Crippen LogP contribution in [0.5, 0.6) is 0 Å². The lowest BCUT2D eigenvalue weighted by molar-refractivity contribution is 0.251. The summed E-state index contributed by atoms with van der Waals surface area (Å²) >= 11 is 0. The topological polar surface area (TPSA) is 70.4 Å². The van der Waals surface area contributed by atoms with Crippen LogP contribution in [0.1, 0.15) is 44.1 Å². The Labute approximate surface area is 203 Å². The van der Waals surface area contributed by atoms with Gasteiger partial charge in [0.15, 0.2) is 5.96 Å². The molecule has 0 aliphatic carbocycles. The van der Waals surface area contributed by atoms with Gasteiger partial charge in [0.25, 0.3) is 0 Å². The summed E-state index contributed by atoms with van der Waals surface area (Å²) in [7, 11) is 0. The molecule has 2 heterocycles. The van der Waals surface area contributed by atoms with Crippen LogP contribution in [0.2, 0.25) is 0 Å². The SMILES string of the molecule is C=C(C)CNC(=NCC(c1ccccc1)N1CCCC1)NCCn1cnnc1CC.I. The van der Waals surface area contributed by atoms with Gasteiger partial charge in [0.2, 0.25) is 0 Å². The maximum atomic E-state index is 4.95. The summed E-state index contributed by atoms with van der Waals surface area (Å²) < 4.78 is 2.08. The Morgan fingerprint density at radius 2 is 1.94 bits per heavy atom. The number of hydrogen-bond acceptors (Lipinski definition) is 4. The van der Waals surface area contributed by atoms with Crippen molar-refractivity contribution in [3.05, 3.63) is 60.2 Å². The number of benzene rings is 1. The number of aryl methyl sites for hydroxylation is 1. The third-order valence-corrected chi connectivity index (χ3v) is 5.40. The summed E-state index contributed by atoms with van der Waals surface area (Å²) in [6, 6.07) is 11.0. The fourth-order valence-corrected chi connectivity index (χ4v) is 3.78. The molecule has 3 rings (SSSR count). The Hall–Kier alpha value is -1.94. The molecule has 1 aromatic carbocycles. The molecule has 1 atom stereocenters. The predicted octanol–water partition coefficient (Wildman–Crippen LogP) is 3.41. The van der Waals surface area contributed by atoms with Crippen molar-refractivity contribution in [2.75, 3.05) is 32.7 Å². The molecule has 7 nitrogen and oxygen atoms in total. The van der Waals surface area contributed by atoms with E-state index in [2.05, 4.69) is 74.1 Å². The van der Waals surface area contributed by atoms with Crippen molar-refractivity contribution in [2.45, 2.75) is 45.7 Å². The second kappa shape index (κ2) is 13.5. The number of nitrogens with one attached hydrogen (secondary N) is 2. The van der Waals surface area contributed by atoms with Crippen molar-refractivity contribution < 1.29 is 0 Å². The van der Waals surface area contributed by atoms with E-state index in [4.69, 9.17) is 4.99 Å². The molecule has 31 heavy (non-hydrogen) atoms. The summed E-state index contributed by atoms with van der Waals surface area (Å²) in [4.78, 5) is 7.50. The van der Waals surface area contributed by atoms with Gasteiger partial charge >= 0.3 is 0 Å². The zero-order valence-corrected chi connectivity index (χ0v) is 21.1. The van der Waals surface area contributed by atoms with Gasteiger partial charge in [-0.1, -0.05) is 49.4 Å². The van der Waals surface area contributed by atoms with Crippen molar-refractivity contribution >= 4 is 29.9 Å². The highest BCUT2D eigenvalue weighted by atomic mass is 127. The summed E-state index contributed by atoms with van der Waals surface area (Å²) in [5.74, 6) is 1.83. The zero-order chi connectivity index (χ0) is 21.2. The van der Waals surface area contributed by atoms with Crippen LogP contribution in [0.25, 0.3) is 0 Å². The molecule has 0 saturated carbocycles. The van der Waals surface area contributed by atoms with E-state index in [9.17, 15) is 0 Å². The average molecular weight is 537 g/mol. The van der Waals surface area contributed by atoms with Gasteiger partial charge in [0.1, 0.15) is 12.2 Å². The molecule has 2 aromatic rings. The minimum atomic E-state index is 0. The lowest BCUT2D eigenvalue weighted by atomic mass is 10.1. The van der Waals surface area contributed by atoms with Gasteiger partial charge in [-0.2, -0.15) is 0 Å². The molecule has 1 aliphatic rings. The van der Waals surface area contributed by atoms with E-state index in [1.807, 2.05) is 6.92 Å². The maximum absolute atomic E-state index is 4.95. The normalized spacial score (nSPS) is 15.4. The van der Waals surface area contributed by atoms with E-state index >= 15 is 0 Å². The Morgan fingerprint density at radius 1 is 1.19 bits per heavy atom. The highest BCUT2D eigenvalue weighted by molar-refractivity contribution is 14.0. The largest absolute Gasteiger partial charge is 0.355 e.